The van der Waals surface area contributed by atoms with Gasteiger partial charge in [0.25, 0.3) is 0 Å². The number of benzene rings is 3. The van der Waals surface area contributed by atoms with Gasteiger partial charge < -0.3 is 19.7 Å². The Kier molecular flexibility index (Phi) is 11.4. The summed E-state index contributed by atoms with van der Waals surface area (Å²) < 4.78 is 76.4. The van der Waals surface area contributed by atoms with Crippen LogP contribution >= 0.6 is 11.6 Å². The molecule has 0 unspecified atom stereocenters. The Morgan fingerprint density at radius 3 is 2.00 bits per heavy atom. The second kappa shape index (κ2) is 15.2. The number of nitrogens with one attached hydrogen (secondary N) is 1. The van der Waals surface area contributed by atoms with Crippen LogP contribution in [0.4, 0.5) is 18.0 Å². The molecule has 0 radical (unpaired) electrons. The zero-order chi connectivity index (χ0) is 36.3. The summed E-state index contributed by atoms with van der Waals surface area (Å²) in [6.45, 7) is 6.75. The van der Waals surface area contributed by atoms with Crippen LogP contribution in [0.5, 0.6) is 5.75 Å². The lowest BCUT2D eigenvalue weighted by atomic mass is 10.0. The van der Waals surface area contributed by atoms with E-state index in [1.165, 1.54) is 0 Å². The van der Waals surface area contributed by atoms with Crippen LogP contribution in [0.1, 0.15) is 39.2 Å². The molecule has 2 fully saturated rings. The number of carbonyl (C=O) groups excluding carboxylic acids is 2. The Morgan fingerprint density at radius 1 is 0.860 bits per heavy atom. The predicted octanol–water partition coefficient (Wildman–Crippen LogP) is 6.30. The third-order valence-electron chi connectivity index (χ3n) is 8.43. The molecule has 0 spiro atoms. The summed E-state index contributed by atoms with van der Waals surface area (Å²) in [5, 5.41) is 3.48. The Hall–Kier alpha value is -3.85. The van der Waals surface area contributed by atoms with Gasteiger partial charge >= 0.3 is 12.5 Å². The number of amides is 2. The van der Waals surface area contributed by atoms with E-state index in [1.807, 2.05) is 53.4 Å². The molecule has 2 heterocycles. The van der Waals surface area contributed by atoms with Crippen LogP contribution < -0.4 is 10.1 Å². The van der Waals surface area contributed by atoms with Gasteiger partial charge in [0.15, 0.2) is 0 Å². The molecule has 0 aromatic heterocycles. The summed E-state index contributed by atoms with van der Waals surface area (Å²) in [4.78, 5) is 29.8. The van der Waals surface area contributed by atoms with Crippen LogP contribution in [0, 0.1) is 0 Å². The fourth-order valence-corrected chi connectivity index (χ4v) is 7.73. The van der Waals surface area contributed by atoms with Gasteiger partial charge in [0.05, 0.1) is 4.90 Å². The first-order chi connectivity index (χ1) is 23.5. The highest BCUT2D eigenvalue weighted by Crippen LogP contribution is 2.29. The molecule has 1 atom stereocenters. The number of carbonyl (C=O) groups is 2. The number of hydrogen-bond donors (Lipinski definition) is 1. The molecule has 2 amide bonds. The molecule has 0 bridgehead atoms. The van der Waals surface area contributed by atoms with E-state index in [4.69, 9.17) is 16.3 Å². The molecule has 270 valence electrons. The molecule has 10 nitrogen and oxygen atoms in total. The lowest BCUT2D eigenvalue weighted by Crippen LogP contribution is -2.61. The SMILES string of the molecule is CC(C)(C)OC(=O)NC1CCN(C(=O)[C@@H]2CN(Cc3ccc(-c4ccc(Cl)cc4)cc3)CCN2S(=O)(=O)c2ccc(OC(F)(F)F)cc2)CC1. The van der Waals surface area contributed by atoms with Gasteiger partial charge in [-0.3, -0.25) is 9.69 Å². The van der Waals surface area contributed by atoms with Gasteiger partial charge in [-0.05, 0) is 86.7 Å². The highest BCUT2D eigenvalue weighted by Gasteiger charge is 2.42. The van der Waals surface area contributed by atoms with Crippen LogP contribution in [-0.2, 0) is 26.1 Å². The van der Waals surface area contributed by atoms with Crippen molar-refractivity contribution in [3.63, 3.8) is 0 Å². The maximum atomic E-state index is 14.1. The lowest BCUT2D eigenvalue weighted by molar-refractivity contribution is -0.274. The van der Waals surface area contributed by atoms with E-state index in [9.17, 15) is 31.2 Å². The number of likely N-dealkylation sites (tertiary alicyclic amines) is 1. The number of sulfonamides is 1. The molecule has 50 heavy (non-hydrogen) atoms. The van der Waals surface area contributed by atoms with E-state index < -0.39 is 39.9 Å². The van der Waals surface area contributed by atoms with Crippen molar-refractivity contribution in [3.05, 3.63) is 83.4 Å². The minimum atomic E-state index is -4.93. The number of halogens is 4. The van der Waals surface area contributed by atoms with E-state index in [1.54, 1.807) is 25.7 Å². The molecule has 1 N–H and O–H groups in total. The molecule has 0 aliphatic carbocycles. The average molecular weight is 737 g/mol. The van der Waals surface area contributed by atoms with Gasteiger partial charge in [0, 0.05) is 50.3 Å². The topological polar surface area (TPSA) is 108 Å². The highest BCUT2D eigenvalue weighted by atomic mass is 35.5. The highest BCUT2D eigenvalue weighted by molar-refractivity contribution is 7.89. The van der Waals surface area contributed by atoms with Crippen molar-refractivity contribution in [2.45, 2.75) is 69.1 Å². The van der Waals surface area contributed by atoms with E-state index in [0.717, 1.165) is 45.3 Å². The maximum Gasteiger partial charge on any atom is 0.573 e. The Morgan fingerprint density at radius 2 is 1.44 bits per heavy atom. The van der Waals surface area contributed by atoms with Crippen LogP contribution in [0.25, 0.3) is 11.1 Å². The van der Waals surface area contributed by atoms with Crippen molar-refractivity contribution >= 4 is 33.6 Å². The fraction of sp³-hybridized carbons (Fsp3) is 0.429. The predicted molar refractivity (Wildman–Crippen MR) is 182 cm³/mol. The van der Waals surface area contributed by atoms with Crippen LogP contribution in [0.3, 0.4) is 0 Å². The fourth-order valence-electron chi connectivity index (χ4n) is 6.04. The normalized spacial score (nSPS) is 18.5. The number of rotatable bonds is 8. The molecule has 5 rings (SSSR count). The molecule has 3 aromatic rings. The molecule has 3 aromatic carbocycles. The minimum absolute atomic E-state index is 0.0148. The maximum absolute atomic E-state index is 14.1. The first-order valence-electron chi connectivity index (χ1n) is 16.2. The number of ether oxygens (including phenoxy) is 2. The van der Waals surface area contributed by atoms with Crippen molar-refractivity contribution < 1.29 is 40.7 Å². The number of hydrogen-bond acceptors (Lipinski definition) is 7. The zero-order valence-electron chi connectivity index (χ0n) is 28.0. The molecular weight excluding hydrogens is 697 g/mol. The summed E-state index contributed by atoms with van der Waals surface area (Å²) in [7, 11) is -4.30. The minimum Gasteiger partial charge on any atom is -0.444 e. The number of piperidine rings is 1. The van der Waals surface area contributed by atoms with Gasteiger partial charge in [-0.2, -0.15) is 4.31 Å². The summed E-state index contributed by atoms with van der Waals surface area (Å²) >= 11 is 6.02. The van der Waals surface area contributed by atoms with Crippen molar-refractivity contribution in [2.75, 3.05) is 32.7 Å². The Bertz CT molecular complexity index is 1740. The van der Waals surface area contributed by atoms with Crippen molar-refractivity contribution in [1.82, 2.24) is 19.4 Å². The molecule has 15 heteroatoms. The Labute approximate surface area is 295 Å². The van der Waals surface area contributed by atoms with Crippen molar-refractivity contribution in [1.29, 1.82) is 0 Å². The van der Waals surface area contributed by atoms with Crippen LogP contribution in [0.15, 0.2) is 77.7 Å². The van der Waals surface area contributed by atoms with E-state index >= 15 is 0 Å². The molecule has 2 aliphatic rings. The molecular formula is C35H40ClF3N4O6S. The monoisotopic (exact) mass is 736 g/mol. The summed E-state index contributed by atoms with van der Waals surface area (Å²) in [5.74, 6) is -0.942. The van der Waals surface area contributed by atoms with E-state index in [-0.39, 0.29) is 29.9 Å². The van der Waals surface area contributed by atoms with E-state index in [0.29, 0.717) is 44.0 Å². The number of nitrogens with zero attached hydrogens (tertiary/aromatic N) is 3. The second-order valence-electron chi connectivity index (χ2n) is 13.3. The quantitative estimate of drug-likeness (QED) is 0.290. The average Bonchev–Trinajstić information content (AvgIpc) is 3.04. The lowest BCUT2D eigenvalue weighted by Gasteiger charge is -2.42. The number of piperazine rings is 1. The summed E-state index contributed by atoms with van der Waals surface area (Å²) in [6, 6.07) is 18.1. The van der Waals surface area contributed by atoms with Gasteiger partial charge in [-0.1, -0.05) is 48.0 Å². The van der Waals surface area contributed by atoms with Gasteiger partial charge in [0.2, 0.25) is 15.9 Å². The third-order valence-corrected chi connectivity index (χ3v) is 10.6. The van der Waals surface area contributed by atoms with Gasteiger partial charge in [0.1, 0.15) is 17.4 Å². The second-order valence-corrected chi connectivity index (χ2v) is 15.7. The van der Waals surface area contributed by atoms with Gasteiger partial charge in [-0.15, -0.1) is 13.2 Å². The first-order valence-corrected chi connectivity index (χ1v) is 18.0. The summed E-state index contributed by atoms with van der Waals surface area (Å²) in [5.41, 5.74) is 2.33. The third kappa shape index (κ3) is 9.89. The molecule has 0 saturated carbocycles. The standard InChI is InChI=1S/C35H40ClF3N4O6S/c1-34(2,3)49-33(45)40-28-16-18-42(19-17-28)32(44)31-23-41(22-24-4-6-25(7-5-24)26-8-10-27(36)11-9-26)20-21-43(31)50(46,47)30-14-12-29(13-15-30)48-35(37,38)39/h4-15,28,31H,16-23H2,1-3H3,(H,40,45)/t31-/m0/s1. The van der Waals surface area contributed by atoms with Crippen molar-refractivity contribution in [3.8, 4) is 16.9 Å². The zero-order valence-corrected chi connectivity index (χ0v) is 29.5. The largest absolute Gasteiger partial charge is 0.573 e. The molecule has 2 aliphatic heterocycles. The number of alkyl carbamates (subject to hydrolysis) is 1. The van der Waals surface area contributed by atoms with Crippen LogP contribution in [0.2, 0.25) is 5.02 Å². The van der Waals surface area contributed by atoms with Gasteiger partial charge in [-0.25, -0.2) is 13.2 Å². The van der Waals surface area contributed by atoms with Crippen LogP contribution in [-0.4, -0.2) is 91.3 Å². The molecule has 2 saturated heterocycles. The smallest absolute Gasteiger partial charge is 0.444 e. The Balaban J connectivity index is 1.32. The van der Waals surface area contributed by atoms with E-state index in [2.05, 4.69) is 10.1 Å². The number of alkyl halides is 3. The van der Waals surface area contributed by atoms with Crippen molar-refractivity contribution in [2.24, 2.45) is 0 Å². The summed E-state index contributed by atoms with van der Waals surface area (Å²) in [6.07, 6.45) is -4.57. The first kappa shape index (κ1) is 37.4.